The van der Waals surface area contributed by atoms with E-state index in [9.17, 15) is 5.11 Å². The lowest BCUT2D eigenvalue weighted by Gasteiger charge is -2.55. The van der Waals surface area contributed by atoms with Gasteiger partial charge in [0.15, 0.2) is 8.32 Å². The first kappa shape index (κ1) is 23.5. The van der Waals surface area contributed by atoms with Gasteiger partial charge in [0, 0.05) is 6.61 Å². The molecule has 3 aliphatic carbocycles. The molecule has 0 radical (unpaired) electrons. The minimum absolute atomic E-state index is 0.264. The molecule has 0 aromatic carbocycles. The van der Waals surface area contributed by atoms with Crippen molar-refractivity contribution in [1.82, 2.24) is 0 Å². The van der Waals surface area contributed by atoms with E-state index in [1.54, 1.807) is 0 Å². The fourth-order valence-corrected chi connectivity index (χ4v) is 7.94. The Bertz CT molecular complexity index is 606. The fraction of sp³-hybridized carbons (Fsp3) is 0.923. The highest BCUT2D eigenvalue weighted by Crippen LogP contribution is 2.63. The maximum absolute atomic E-state index is 12.0. The summed E-state index contributed by atoms with van der Waals surface area (Å²) in [5.41, 5.74) is -0.224. The minimum atomic E-state index is -1.71. The molecular weight excluding hydrogens is 372 g/mol. The van der Waals surface area contributed by atoms with Crippen molar-refractivity contribution in [2.45, 2.75) is 110 Å². The van der Waals surface area contributed by atoms with E-state index in [1.807, 2.05) is 0 Å². The van der Waals surface area contributed by atoms with E-state index in [1.165, 1.54) is 38.5 Å². The van der Waals surface area contributed by atoms with Gasteiger partial charge in [-0.05, 0) is 98.1 Å². The van der Waals surface area contributed by atoms with Gasteiger partial charge in [-0.3, -0.25) is 0 Å². The quantitative estimate of drug-likeness (QED) is 0.385. The van der Waals surface area contributed by atoms with Crippen molar-refractivity contribution in [3.63, 3.8) is 0 Å². The zero-order chi connectivity index (χ0) is 21.7. The van der Waals surface area contributed by atoms with Gasteiger partial charge in [-0.1, -0.05) is 53.7 Å². The molecule has 0 amide bonds. The van der Waals surface area contributed by atoms with Crippen molar-refractivity contribution in [2.24, 2.45) is 35.0 Å². The highest BCUT2D eigenvalue weighted by Gasteiger charge is 2.60. The van der Waals surface area contributed by atoms with E-state index in [4.69, 9.17) is 4.43 Å². The molecule has 2 nitrogen and oxygen atoms in total. The van der Waals surface area contributed by atoms with E-state index in [0.29, 0.717) is 29.6 Å². The molecule has 1 N–H and O–H groups in total. The van der Waals surface area contributed by atoms with Crippen LogP contribution in [0.4, 0.5) is 0 Å². The third-order valence-corrected chi connectivity index (χ3v) is 14.3. The maximum atomic E-state index is 12.0. The normalized spacial score (nSPS) is 43.1. The summed E-state index contributed by atoms with van der Waals surface area (Å²) < 4.78 is 6.64. The molecule has 0 saturated heterocycles. The van der Waals surface area contributed by atoms with Crippen LogP contribution in [0.5, 0.6) is 0 Å². The highest BCUT2D eigenvalue weighted by atomic mass is 28.4. The van der Waals surface area contributed by atoms with Crippen LogP contribution < -0.4 is 0 Å². The summed E-state index contributed by atoms with van der Waals surface area (Å²) in [6.45, 7) is 19.9. The Morgan fingerprint density at radius 2 is 1.83 bits per heavy atom. The molecule has 0 spiro atoms. The first-order valence-corrected chi connectivity index (χ1v) is 15.2. The number of aliphatic hydroxyl groups is 1. The molecule has 3 rings (SSSR count). The van der Waals surface area contributed by atoms with Crippen LogP contribution in [-0.4, -0.2) is 25.6 Å². The molecule has 1 unspecified atom stereocenters. The van der Waals surface area contributed by atoms with Crippen LogP contribution in [0.2, 0.25) is 18.1 Å². The molecule has 0 bridgehead atoms. The molecule has 3 heteroatoms. The average molecular weight is 421 g/mol. The largest absolute Gasteiger partial charge is 0.417 e. The number of hydrogen-bond donors (Lipinski definition) is 1. The number of hydrogen-bond acceptors (Lipinski definition) is 2. The highest BCUT2D eigenvalue weighted by molar-refractivity contribution is 6.74. The zero-order valence-electron chi connectivity index (χ0n) is 20.6. The summed E-state index contributed by atoms with van der Waals surface area (Å²) >= 11 is 0. The van der Waals surface area contributed by atoms with Gasteiger partial charge in [0.25, 0.3) is 0 Å². The van der Waals surface area contributed by atoms with Crippen molar-refractivity contribution >= 4 is 8.32 Å². The van der Waals surface area contributed by atoms with Crippen molar-refractivity contribution < 1.29 is 9.53 Å². The molecule has 0 aromatic heterocycles. The molecule has 0 aromatic rings. The lowest BCUT2D eigenvalue weighted by molar-refractivity contribution is -0.149. The van der Waals surface area contributed by atoms with Crippen LogP contribution in [-0.2, 0) is 4.43 Å². The predicted molar refractivity (Wildman–Crippen MR) is 126 cm³/mol. The van der Waals surface area contributed by atoms with Crippen LogP contribution in [0.1, 0.15) is 86.5 Å². The Hall–Kier alpha value is -0.123. The maximum Gasteiger partial charge on any atom is 0.191 e. The second kappa shape index (κ2) is 8.09. The van der Waals surface area contributed by atoms with Crippen LogP contribution in [0, 0.1) is 35.0 Å². The molecular formula is C26H48O2Si. The molecule has 2 fully saturated rings. The Kier molecular flexibility index (Phi) is 6.57. The predicted octanol–water partition coefficient (Wildman–Crippen LogP) is 7.19. The molecule has 0 heterocycles. The lowest BCUT2D eigenvalue weighted by atomic mass is 9.53. The SMILES string of the molecule is CC1/C=C\C[C@]2(O)[C@H](CC1)CC[C@]1(C)[C@@H]([C@H](C)CO[Si](C)(C)C(C)(C)C)CC[C@H]12. The fourth-order valence-electron chi connectivity index (χ4n) is 6.82. The molecule has 168 valence electrons. The van der Waals surface area contributed by atoms with Crippen molar-refractivity contribution in [3.8, 4) is 0 Å². The Morgan fingerprint density at radius 3 is 2.48 bits per heavy atom. The third kappa shape index (κ3) is 4.30. The van der Waals surface area contributed by atoms with Crippen LogP contribution in [0.25, 0.3) is 0 Å². The lowest BCUT2D eigenvalue weighted by Crippen LogP contribution is -2.55. The summed E-state index contributed by atoms with van der Waals surface area (Å²) in [4.78, 5) is 0. The molecule has 0 aliphatic heterocycles. The summed E-state index contributed by atoms with van der Waals surface area (Å²) in [5.74, 6) is 2.85. The van der Waals surface area contributed by atoms with Crippen molar-refractivity contribution in [2.75, 3.05) is 6.61 Å². The van der Waals surface area contributed by atoms with Crippen molar-refractivity contribution in [1.29, 1.82) is 0 Å². The zero-order valence-corrected chi connectivity index (χ0v) is 21.6. The van der Waals surface area contributed by atoms with Gasteiger partial charge < -0.3 is 9.53 Å². The Balaban J connectivity index is 1.75. The standard InChI is InChI=1S/C26H48O2Si/c1-19-10-9-16-26(27)21(12-11-19)15-17-25(6)22(13-14-23(25)26)20(2)18-28-29(7,8)24(3,4)5/h9-10,19-23,27H,11-18H2,1-8H3/b10-9-/t19?,20-,21-,22-,23-,25-,26+/m1/s1. The van der Waals surface area contributed by atoms with E-state index >= 15 is 0 Å². The monoisotopic (exact) mass is 420 g/mol. The second-order valence-corrected chi connectivity index (χ2v) is 17.5. The molecule has 7 atom stereocenters. The first-order valence-electron chi connectivity index (χ1n) is 12.3. The molecule has 2 saturated carbocycles. The first-order chi connectivity index (χ1) is 13.3. The second-order valence-electron chi connectivity index (χ2n) is 12.7. The van der Waals surface area contributed by atoms with Gasteiger partial charge in [0.05, 0.1) is 5.60 Å². The van der Waals surface area contributed by atoms with E-state index in [-0.39, 0.29) is 10.5 Å². The van der Waals surface area contributed by atoms with Crippen LogP contribution in [0.15, 0.2) is 12.2 Å². The number of fused-ring (bicyclic) bond motifs is 3. The smallest absolute Gasteiger partial charge is 0.191 e. The van der Waals surface area contributed by atoms with Gasteiger partial charge in [-0.25, -0.2) is 0 Å². The third-order valence-electron chi connectivity index (χ3n) is 9.83. The van der Waals surface area contributed by atoms with Gasteiger partial charge in [-0.2, -0.15) is 0 Å². The van der Waals surface area contributed by atoms with Crippen molar-refractivity contribution in [3.05, 3.63) is 12.2 Å². The van der Waals surface area contributed by atoms with E-state index in [0.717, 1.165) is 13.0 Å². The molecule has 3 aliphatic rings. The van der Waals surface area contributed by atoms with Gasteiger partial charge in [0.2, 0.25) is 0 Å². The summed E-state index contributed by atoms with van der Waals surface area (Å²) in [5, 5.41) is 12.3. The Morgan fingerprint density at radius 1 is 1.14 bits per heavy atom. The van der Waals surface area contributed by atoms with Crippen LogP contribution in [0.3, 0.4) is 0 Å². The summed E-state index contributed by atoms with van der Waals surface area (Å²) in [6, 6.07) is 0. The average Bonchev–Trinajstić information content (AvgIpc) is 2.95. The number of rotatable bonds is 4. The number of allylic oxidation sites excluding steroid dienone is 1. The van der Waals surface area contributed by atoms with E-state index in [2.05, 4.69) is 66.8 Å². The Labute approximate surface area is 182 Å². The molecule has 29 heavy (non-hydrogen) atoms. The van der Waals surface area contributed by atoms with Crippen LogP contribution >= 0.6 is 0 Å². The van der Waals surface area contributed by atoms with Gasteiger partial charge in [-0.15, -0.1) is 0 Å². The summed E-state index contributed by atoms with van der Waals surface area (Å²) in [6.07, 6.45) is 12.9. The topological polar surface area (TPSA) is 29.5 Å². The van der Waals surface area contributed by atoms with E-state index < -0.39 is 13.9 Å². The van der Waals surface area contributed by atoms with Gasteiger partial charge >= 0.3 is 0 Å². The summed E-state index contributed by atoms with van der Waals surface area (Å²) in [7, 11) is -1.71. The van der Waals surface area contributed by atoms with Gasteiger partial charge in [0.1, 0.15) is 0 Å². The minimum Gasteiger partial charge on any atom is -0.417 e.